The number of nitrogens with two attached hydrogens (primary N) is 1. The molecule has 0 saturated heterocycles. The molecule has 0 aromatic heterocycles. The topological polar surface area (TPSA) is 55.6 Å². The molecular formula is C14H19ClN2O2. The van der Waals surface area contributed by atoms with Crippen LogP contribution in [0.4, 0.5) is 5.69 Å². The maximum absolute atomic E-state index is 12.2. The predicted molar refractivity (Wildman–Crippen MR) is 76.4 cm³/mol. The number of likely N-dealkylation sites (N-methyl/N-ethyl adjacent to an activating group) is 1. The lowest BCUT2D eigenvalue weighted by Crippen LogP contribution is -2.30. The van der Waals surface area contributed by atoms with Crippen LogP contribution in [0.15, 0.2) is 18.2 Å². The van der Waals surface area contributed by atoms with Crippen molar-refractivity contribution in [3.8, 4) is 0 Å². The van der Waals surface area contributed by atoms with Gasteiger partial charge in [-0.1, -0.05) is 11.6 Å². The average Bonchev–Trinajstić information content (AvgIpc) is 3.17. The largest absolute Gasteiger partial charge is 0.398 e. The summed E-state index contributed by atoms with van der Waals surface area (Å²) in [6, 6.07) is 4.91. The molecule has 19 heavy (non-hydrogen) atoms. The number of carbonyl (C=O) groups is 1. The van der Waals surface area contributed by atoms with E-state index in [9.17, 15) is 4.79 Å². The van der Waals surface area contributed by atoms with Gasteiger partial charge in [0, 0.05) is 30.9 Å². The van der Waals surface area contributed by atoms with Gasteiger partial charge in [-0.25, -0.2) is 0 Å². The molecule has 2 rings (SSSR count). The Bertz CT molecular complexity index is 461. The minimum Gasteiger partial charge on any atom is -0.398 e. The van der Waals surface area contributed by atoms with Gasteiger partial charge in [-0.3, -0.25) is 4.79 Å². The van der Waals surface area contributed by atoms with Crippen molar-refractivity contribution in [3.63, 3.8) is 0 Å². The summed E-state index contributed by atoms with van der Waals surface area (Å²) in [5.41, 5.74) is 6.69. The number of nitrogens with zero attached hydrogens (tertiary/aromatic N) is 1. The van der Waals surface area contributed by atoms with Crippen molar-refractivity contribution in [2.45, 2.75) is 12.8 Å². The summed E-state index contributed by atoms with van der Waals surface area (Å²) in [6.45, 7) is 1.94. The number of hydrogen-bond donors (Lipinski definition) is 1. The van der Waals surface area contributed by atoms with Gasteiger partial charge in [-0.2, -0.15) is 0 Å². The van der Waals surface area contributed by atoms with Crippen LogP contribution in [0.2, 0.25) is 5.02 Å². The molecular weight excluding hydrogens is 264 g/mol. The molecule has 1 aromatic rings. The highest BCUT2D eigenvalue weighted by atomic mass is 35.5. The monoisotopic (exact) mass is 282 g/mol. The molecule has 0 unspecified atom stereocenters. The Morgan fingerprint density at radius 3 is 2.89 bits per heavy atom. The number of hydrogen-bond acceptors (Lipinski definition) is 3. The van der Waals surface area contributed by atoms with Gasteiger partial charge in [0.2, 0.25) is 0 Å². The first-order chi connectivity index (χ1) is 9.08. The highest BCUT2D eigenvalue weighted by Crippen LogP contribution is 2.28. The fourth-order valence-corrected chi connectivity index (χ4v) is 1.95. The molecule has 0 heterocycles. The van der Waals surface area contributed by atoms with E-state index in [-0.39, 0.29) is 5.91 Å². The fourth-order valence-electron chi connectivity index (χ4n) is 1.77. The summed E-state index contributed by atoms with van der Waals surface area (Å²) in [5.74, 6) is 0.636. The van der Waals surface area contributed by atoms with Crippen molar-refractivity contribution in [2.75, 3.05) is 32.5 Å². The minimum absolute atomic E-state index is 0.107. The lowest BCUT2D eigenvalue weighted by molar-refractivity contribution is 0.0682. The summed E-state index contributed by atoms with van der Waals surface area (Å²) < 4.78 is 5.52. The maximum atomic E-state index is 12.2. The van der Waals surface area contributed by atoms with E-state index >= 15 is 0 Å². The molecule has 1 fully saturated rings. The van der Waals surface area contributed by atoms with Crippen LogP contribution in [0.1, 0.15) is 23.2 Å². The number of benzene rings is 1. The minimum atomic E-state index is -0.107. The second-order valence-corrected chi connectivity index (χ2v) is 5.41. The van der Waals surface area contributed by atoms with Crippen LogP contribution >= 0.6 is 11.6 Å². The molecule has 4 nitrogen and oxygen atoms in total. The zero-order valence-corrected chi connectivity index (χ0v) is 11.8. The molecule has 1 aliphatic rings. The van der Waals surface area contributed by atoms with Crippen molar-refractivity contribution in [3.05, 3.63) is 28.8 Å². The van der Waals surface area contributed by atoms with E-state index < -0.39 is 0 Å². The number of halogens is 1. The highest BCUT2D eigenvalue weighted by Gasteiger charge is 2.21. The van der Waals surface area contributed by atoms with Gasteiger partial charge in [0.1, 0.15) is 0 Å². The predicted octanol–water partition coefficient (Wildman–Crippen LogP) is 2.42. The summed E-state index contributed by atoms with van der Waals surface area (Å²) in [7, 11) is 1.75. The number of rotatable bonds is 6. The van der Waals surface area contributed by atoms with Gasteiger partial charge < -0.3 is 15.4 Å². The van der Waals surface area contributed by atoms with Gasteiger partial charge in [-0.15, -0.1) is 0 Å². The van der Waals surface area contributed by atoms with E-state index in [2.05, 4.69) is 0 Å². The van der Waals surface area contributed by atoms with E-state index in [0.29, 0.717) is 29.4 Å². The normalized spacial score (nSPS) is 14.4. The molecule has 1 saturated carbocycles. The van der Waals surface area contributed by atoms with Gasteiger partial charge in [0.15, 0.2) is 0 Å². The molecule has 1 aliphatic carbocycles. The Hall–Kier alpha value is -1.26. The van der Waals surface area contributed by atoms with Gasteiger partial charge >= 0.3 is 0 Å². The van der Waals surface area contributed by atoms with E-state index in [1.807, 2.05) is 0 Å². The average molecular weight is 283 g/mol. The van der Waals surface area contributed by atoms with Gasteiger partial charge in [0.05, 0.1) is 12.2 Å². The van der Waals surface area contributed by atoms with Crippen molar-refractivity contribution in [1.82, 2.24) is 4.90 Å². The SMILES string of the molecule is CN(CCOCC1CC1)C(=O)c1ccc(Cl)cc1N. The van der Waals surface area contributed by atoms with Crippen LogP contribution in [0.25, 0.3) is 0 Å². The molecule has 0 bridgehead atoms. The number of ether oxygens (including phenoxy) is 1. The van der Waals surface area contributed by atoms with Crippen LogP contribution in [0.3, 0.4) is 0 Å². The summed E-state index contributed by atoms with van der Waals surface area (Å²) >= 11 is 5.81. The van der Waals surface area contributed by atoms with Crippen molar-refractivity contribution in [1.29, 1.82) is 0 Å². The zero-order valence-electron chi connectivity index (χ0n) is 11.1. The lowest BCUT2D eigenvalue weighted by atomic mass is 10.1. The van der Waals surface area contributed by atoms with Gasteiger partial charge in [-0.05, 0) is 37.0 Å². The third-order valence-electron chi connectivity index (χ3n) is 3.21. The standard InChI is InChI=1S/C14H19ClN2O2/c1-17(6-7-19-9-10-2-3-10)14(18)12-5-4-11(15)8-13(12)16/h4-5,8,10H,2-3,6-7,9,16H2,1H3. The maximum Gasteiger partial charge on any atom is 0.255 e. The number of carbonyl (C=O) groups excluding carboxylic acids is 1. The Morgan fingerprint density at radius 2 is 2.26 bits per heavy atom. The fraction of sp³-hybridized carbons (Fsp3) is 0.500. The smallest absolute Gasteiger partial charge is 0.255 e. The van der Waals surface area contributed by atoms with E-state index in [1.54, 1.807) is 30.1 Å². The molecule has 104 valence electrons. The van der Waals surface area contributed by atoms with Crippen LogP contribution < -0.4 is 5.73 Å². The first kappa shape index (κ1) is 14.2. The Kier molecular flexibility index (Phi) is 4.66. The van der Waals surface area contributed by atoms with Crippen molar-refractivity contribution < 1.29 is 9.53 Å². The first-order valence-electron chi connectivity index (χ1n) is 6.46. The van der Waals surface area contributed by atoms with E-state index in [0.717, 1.165) is 12.5 Å². The molecule has 0 radical (unpaired) electrons. The van der Waals surface area contributed by atoms with Crippen LogP contribution in [-0.4, -0.2) is 37.6 Å². The number of amides is 1. The second-order valence-electron chi connectivity index (χ2n) is 4.98. The molecule has 1 aromatic carbocycles. The quantitative estimate of drug-likeness (QED) is 0.644. The van der Waals surface area contributed by atoms with Gasteiger partial charge in [0.25, 0.3) is 5.91 Å². The Morgan fingerprint density at radius 1 is 1.53 bits per heavy atom. The van der Waals surface area contributed by atoms with Crippen molar-refractivity contribution >= 4 is 23.2 Å². The lowest BCUT2D eigenvalue weighted by Gasteiger charge is -2.18. The first-order valence-corrected chi connectivity index (χ1v) is 6.84. The summed E-state index contributed by atoms with van der Waals surface area (Å²) in [5, 5.41) is 0.532. The van der Waals surface area contributed by atoms with Crippen molar-refractivity contribution in [2.24, 2.45) is 5.92 Å². The molecule has 1 amide bonds. The van der Waals surface area contributed by atoms with Crippen LogP contribution in [-0.2, 0) is 4.74 Å². The molecule has 0 spiro atoms. The number of anilines is 1. The third kappa shape index (κ3) is 4.11. The summed E-state index contributed by atoms with van der Waals surface area (Å²) in [4.78, 5) is 13.8. The number of nitrogen functional groups attached to an aromatic ring is 1. The van der Waals surface area contributed by atoms with E-state index in [4.69, 9.17) is 22.1 Å². The Labute approximate surface area is 118 Å². The second kappa shape index (κ2) is 6.26. The summed E-state index contributed by atoms with van der Waals surface area (Å²) in [6.07, 6.45) is 2.55. The third-order valence-corrected chi connectivity index (χ3v) is 3.45. The van der Waals surface area contributed by atoms with Crippen LogP contribution in [0.5, 0.6) is 0 Å². The van der Waals surface area contributed by atoms with E-state index in [1.165, 1.54) is 12.8 Å². The zero-order chi connectivity index (χ0) is 13.8. The molecule has 5 heteroatoms. The Balaban J connectivity index is 1.83. The van der Waals surface area contributed by atoms with Crippen LogP contribution in [0, 0.1) is 5.92 Å². The highest BCUT2D eigenvalue weighted by molar-refractivity contribution is 6.31. The molecule has 0 atom stereocenters. The molecule has 2 N–H and O–H groups in total. The molecule has 0 aliphatic heterocycles.